The Morgan fingerprint density at radius 2 is 2.24 bits per heavy atom. The molecule has 2 aromatic rings. The molecule has 5 heteroatoms. The van der Waals surface area contributed by atoms with E-state index in [0.29, 0.717) is 5.75 Å². The van der Waals surface area contributed by atoms with Crippen LogP contribution in [0.25, 0.3) is 0 Å². The summed E-state index contributed by atoms with van der Waals surface area (Å²) in [4.78, 5) is 15.8. The van der Waals surface area contributed by atoms with Gasteiger partial charge in [-0.05, 0) is 37.6 Å². The van der Waals surface area contributed by atoms with Crippen molar-refractivity contribution in [2.45, 2.75) is 20.0 Å². The van der Waals surface area contributed by atoms with Gasteiger partial charge in [0.05, 0.1) is 6.21 Å². The molecule has 1 heterocycles. The lowest BCUT2D eigenvalue weighted by Crippen LogP contribution is -2.33. The fraction of sp³-hybridized carbons (Fsp3) is 0.188. The summed E-state index contributed by atoms with van der Waals surface area (Å²) >= 11 is 0. The topological polar surface area (TPSA) is 63.6 Å². The molecule has 5 nitrogen and oxygen atoms in total. The molecule has 1 N–H and O–H groups in total. The Balaban J connectivity index is 1.87. The van der Waals surface area contributed by atoms with Crippen LogP contribution in [0.3, 0.4) is 0 Å². The van der Waals surface area contributed by atoms with Crippen LogP contribution in [-0.4, -0.2) is 23.2 Å². The van der Waals surface area contributed by atoms with Gasteiger partial charge in [-0.3, -0.25) is 9.78 Å². The zero-order chi connectivity index (χ0) is 15.1. The van der Waals surface area contributed by atoms with E-state index < -0.39 is 6.10 Å². The molecule has 0 unspecified atom stereocenters. The number of nitrogens with zero attached hydrogens (tertiary/aromatic N) is 2. The summed E-state index contributed by atoms with van der Waals surface area (Å²) in [5.41, 5.74) is 4.33. The normalized spacial score (nSPS) is 12.1. The van der Waals surface area contributed by atoms with E-state index in [-0.39, 0.29) is 5.91 Å². The zero-order valence-corrected chi connectivity index (χ0v) is 12.0. The average molecular weight is 283 g/mol. The number of hydrazone groups is 1. The lowest BCUT2D eigenvalue weighted by Gasteiger charge is -2.13. The molecule has 0 aliphatic heterocycles. The molecule has 0 saturated heterocycles. The molecule has 1 amide bonds. The highest BCUT2D eigenvalue weighted by Crippen LogP contribution is 2.14. The molecule has 1 aromatic carbocycles. The number of carbonyl (C=O) groups is 1. The molecule has 0 saturated carbocycles. The number of hydrogen-bond acceptors (Lipinski definition) is 4. The first-order valence-electron chi connectivity index (χ1n) is 6.61. The molecule has 1 atom stereocenters. The third-order valence-electron chi connectivity index (χ3n) is 2.74. The first-order chi connectivity index (χ1) is 10.1. The Bertz CT molecular complexity index is 626. The number of ether oxygens (including phenoxy) is 1. The summed E-state index contributed by atoms with van der Waals surface area (Å²) in [6.45, 7) is 3.65. The van der Waals surface area contributed by atoms with Gasteiger partial charge in [-0.1, -0.05) is 18.2 Å². The number of aryl methyl sites for hydroxylation is 1. The second-order valence-electron chi connectivity index (χ2n) is 4.60. The molecular weight excluding hydrogens is 266 g/mol. The first-order valence-corrected chi connectivity index (χ1v) is 6.61. The largest absolute Gasteiger partial charge is 0.481 e. The third-order valence-corrected chi connectivity index (χ3v) is 2.74. The van der Waals surface area contributed by atoms with Crippen molar-refractivity contribution in [1.82, 2.24) is 10.4 Å². The molecular formula is C16H17N3O2. The third kappa shape index (κ3) is 4.72. The molecule has 0 aliphatic rings. The number of amides is 1. The van der Waals surface area contributed by atoms with E-state index in [9.17, 15) is 4.79 Å². The summed E-state index contributed by atoms with van der Waals surface area (Å²) in [6, 6.07) is 11.2. The van der Waals surface area contributed by atoms with Gasteiger partial charge in [-0.25, -0.2) is 5.43 Å². The van der Waals surface area contributed by atoms with Crippen LogP contribution in [-0.2, 0) is 4.79 Å². The van der Waals surface area contributed by atoms with Gasteiger partial charge in [0.2, 0.25) is 0 Å². The Morgan fingerprint density at radius 1 is 1.38 bits per heavy atom. The van der Waals surface area contributed by atoms with Gasteiger partial charge in [0.15, 0.2) is 6.10 Å². The molecule has 2 rings (SSSR count). The van der Waals surface area contributed by atoms with Gasteiger partial charge < -0.3 is 4.74 Å². The van der Waals surface area contributed by atoms with Crippen molar-refractivity contribution in [3.63, 3.8) is 0 Å². The van der Waals surface area contributed by atoms with Crippen molar-refractivity contribution in [2.24, 2.45) is 5.10 Å². The van der Waals surface area contributed by atoms with Crippen molar-refractivity contribution in [1.29, 1.82) is 0 Å². The van der Waals surface area contributed by atoms with Crippen LogP contribution in [0.1, 0.15) is 18.1 Å². The predicted molar refractivity (Wildman–Crippen MR) is 81.2 cm³/mol. The highest BCUT2D eigenvalue weighted by Gasteiger charge is 2.13. The van der Waals surface area contributed by atoms with Crippen LogP contribution >= 0.6 is 0 Å². The minimum absolute atomic E-state index is 0.309. The molecule has 0 fully saturated rings. The van der Waals surface area contributed by atoms with E-state index in [2.05, 4.69) is 15.5 Å². The second-order valence-corrected chi connectivity index (χ2v) is 4.60. The summed E-state index contributed by atoms with van der Waals surface area (Å²) in [7, 11) is 0. The number of rotatable bonds is 5. The fourth-order valence-electron chi connectivity index (χ4n) is 1.66. The van der Waals surface area contributed by atoms with Crippen LogP contribution in [0.2, 0.25) is 0 Å². The van der Waals surface area contributed by atoms with E-state index in [0.717, 1.165) is 11.1 Å². The standard InChI is InChI=1S/C16H17N3O2/c1-12-5-3-7-15(9-12)21-13(2)16(20)19-18-11-14-6-4-8-17-10-14/h3-11,13H,1-2H3,(H,19,20)/b18-11-/t13-/m1/s1. The SMILES string of the molecule is Cc1cccc(O[C@H](C)C(=O)N/N=C\c2cccnc2)c1. The quantitative estimate of drug-likeness (QED) is 0.676. The van der Waals surface area contributed by atoms with Gasteiger partial charge in [0, 0.05) is 18.0 Å². The van der Waals surface area contributed by atoms with Crippen LogP contribution in [0.5, 0.6) is 5.75 Å². The first kappa shape index (κ1) is 14.7. The highest BCUT2D eigenvalue weighted by molar-refractivity contribution is 5.84. The number of carbonyl (C=O) groups excluding carboxylic acids is 1. The number of nitrogens with one attached hydrogen (secondary N) is 1. The van der Waals surface area contributed by atoms with Crippen LogP contribution < -0.4 is 10.2 Å². The maximum atomic E-state index is 11.9. The van der Waals surface area contributed by atoms with Crippen molar-refractivity contribution < 1.29 is 9.53 Å². The fourth-order valence-corrected chi connectivity index (χ4v) is 1.66. The number of pyridine rings is 1. The minimum atomic E-state index is -0.627. The molecule has 1 aromatic heterocycles. The Labute approximate surface area is 123 Å². The summed E-state index contributed by atoms with van der Waals surface area (Å²) in [5, 5.41) is 3.88. The molecule has 0 spiro atoms. The molecule has 0 radical (unpaired) electrons. The zero-order valence-electron chi connectivity index (χ0n) is 12.0. The van der Waals surface area contributed by atoms with Gasteiger partial charge in [-0.15, -0.1) is 0 Å². The van der Waals surface area contributed by atoms with Gasteiger partial charge >= 0.3 is 0 Å². The minimum Gasteiger partial charge on any atom is -0.481 e. The summed E-state index contributed by atoms with van der Waals surface area (Å²) < 4.78 is 5.56. The summed E-state index contributed by atoms with van der Waals surface area (Å²) in [6.07, 6.45) is 4.23. The Kier molecular flexibility index (Phi) is 5.04. The average Bonchev–Trinajstić information content (AvgIpc) is 2.48. The lowest BCUT2D eigenvalue weighted by molar-refractivity contribution is -0.127. The second kappa shape index (κ2) is 7.19. The predicted octanol–water partition coefficient (Wildman–Crippen LogP) is 2.31. The molecule has 0 aliphatic carbocycles. The highest BCUT2D eigenvalue weighted by atomic mass is 16.5. The summed E-state index contributed by atoms with van der Waals surface area (Å²) in [5.74, 6) is 0.352. The molecule has 21 heavy (non-hydrogen) atoms. The van der Waals surface area contributed by atoms with Crippen molar-refractivity contribution >= 4 is 12.1 Å². The number of aromatic nitrogens is 1. The lowest BCUT2D eigenvalue weighted by atomic mass is 10.2. The van der Waals surface area contributed by atoms with Crippen LogP contribution in [0, 0.1) is 6.92 Å². The Morgan fingerprint density at radius 3 is 2.95 bits per heavy atom. The van der Waals surface area contributed by atoms with Gasteiger partial charge in [0.1, 0.15) is 5.75 Å². The van der Waals surface area contributed by atoms with Crippen molar-refractivity contribution in [3.05, 3.63) is 59.9 Å². The monoisotopic (exact) mass is 283 g/mol. The van der Waals surface area contributed by atoms with E-state index in [1.54, 1.807) is 25.4 Å². The smallest absolute Gasteiger partial charge is 0.280 e. The maximum absolute atomic E-state index is 11.9. The number of benzene rings is 1. The number of hydrogen-bond donors (Lipinski definition) is 1. The van der Waals surface area contributed by atoms with E-state index in [1.165, 1.54) is 6.21 Å². The van der Waals surface area contributed by atoms with E-state index in [1.807, 2.05) is 37.3 Å². The van der Waals surface area contributed by atoms with Crippen LogP contribution in [0.4, 0.5) is 0 Å². The van der Waals surface area contributed by atoms with Crippen LogP contribution in [0.15, 0.2) is 53.9 Å². The maximum Gasteiger partial charge on any atom is 0.280 e. The van der Waals surface area contributed by atoms with Gasteiger partial charge in [0.25, 0.3) is 5.91 Å². The molecule has 108 valence electrons. The Hall–Kier alpha value is -2.69. The van der Waals surface area contributed by atoms with Crippen molar-refractivity contribution in [2.75, 3.05) is 0 Å². The van der Waals surface area contributed by atoms with Crippen molar-refractivity contribution in [3.8, 4) is 5.75 Å². The van der Waals surface area contributed by atoms with Gasteiger partial charge in [-0.2, -0.15) is 5.10 Å². The molecule has 0 bridgehead atoms. The van der Waals surface area contributed by atoms with E-state index in [4.69, 9.17) is 4.74 Å². The van der Waals surface area contributed by atoms with E-state index >= 15 is 0 Å².